The maximum Gasteiger partial charge on any atom is 0.334 e. The van der Waals surface area contributed by atoms with Crippen LogP contribution in [0.25, 0.3) is 0 Å². The Bertz CT molecular complexity index is 1420. The van der Waals surface area contributed by atoms with Crippen molar-refractivity contribution in [2.45, 2.75) is 44.1 Å². The molecule has 4 heterocycles. The van der Waals surface area contributed by atoms with E-state index in [0.717, 1.165) is 44.0 Å². The summed E-state index contributed by atoms with van der Waals surface area (Å²) >= 11 is 14.5. The first-order valence-corrected chi connectivity index (χ1v) is 16.0. The number of rotatable bonds is 9. The minimum atomic E-state index is -1.35. The van der Waals surface area contributed by atoms with Gasteiger partial charge in [-0.1, -0.05) is 29.3 Å². The summed E-state index contributed by atoms with van der Waals surface area (Å²) in [7, 11) is 2.13. The molecule has 2 saturated heterocycles. The Morgan fingerprint density at radius 3 is 2.28 bits per heavy atom. The van der Waals surface area contributed by atoms with E-state index in [1.54, 1.807) is 29.3 Å². The summed E-state index contributed by atoms with van der Waals surface area (Å²) in [5, 5.41) is 26.9. The lowest BCUT2D eigenvalue weighted by molar-refractivity contribution is -0.133. The van der Waals surface area contributed by atoms with Gasteiger partial charge in [0.1, 0.15) is 0 Å². The molecule has 5 rings (SSSR count). The molecule has 230 valence electrons. The largest absolute Gasteiger partial charge is 0.478 e. The number of hydrogen-bond donors (Lipinski definition) is 3. The van der Waals surface area contributed by atoms with Gasteiger partial charge in [0, 0.05) is 83.8 Å². The molecule has 3 N–H and O–H groups in total. The first-order valence-electron chi connectivity index (χ1n) is 14.4. The quantitative estimate of drug-likeness (QED) is 0.369. The third-order valence-corrected chi connectivity index (χ3v) is 9.96. The van der Waals surface area contributed by atoms with Crippen LogP contribution in [-0.4, -0.2) is 100 Å². The van der Waals surface area contributed by atoms with E-state index in [1.165, 1.54) is 11.3 Å². The SMILES string of the molecule is CN1CCCC(N2CCN(C(=O)CC3=C(C(=O)O)C(c4c(Cl)cccc4Cl)C(C(=O)O)=C(CCc4nccs4)N3)CC2)C1. The number of aromatic nitrogens is 1. The fourth-order valence-corrected chi connectivity index (χ4v) is 7.61. The lowest BCUT2D eigenvalue weighted by Crippen LogP contribution is -2.55. The fraction of sp³-hybridized carbons (Fsp3) is 0.467. The third kappa shape index (κ3) is 7.07. The number of dihydropyridines is 1. The van der Waals surface area contributed by atoms with E-state index in [4.69, 9.17) is 23.2 Å². The van der Waals surface area contributed by atoms with E-state index in [0.29, 0.717) is 31.2 Å². The molecule has 3 aliphatic rings. The highest BCUT2D eigenvalue weighted by atomic mass is 35.5. The molecule has 10 nitrogen and oxygen atoms in total. The standard InChI is InChI=1S/C30H35Cl2N5O5S/c1-35-10-3-4-18(17-35)36-11-13-37(14-12-36)24(38)16-22-27(30(41)42)28(25-19(31)5-2-6-20(25)32)26(29(39)40)21(34-22)7-8-23-33-9-15-43-23/h2,5-6,9,15,18,28,34H,3-4,7-8,10-14,16-17H2,1H3,(H,39,40)(H,41,42). The number of carboxylic acid groups (broad SMARTS) is 2. The lowest BCUT2D eigenvalue weighted by atomic mass is 9.79. The normalized spacial score (nSPS) is 22.1. The number of thiazole rings is 1. The summed E-state index contributed by atoms with van der Waals surface area (Å²) in [6.45, 7) is 4.71. The number of carbonyl (C=O) groups excluding carboxylic acids is 1. The maximum atomic E-state index is 13.7. The van der Waals surface area contributed by atoms with E-state index in [-0.39, 0.29) is 51.2 Å². The number of amides is 1. The Hall–Kier alpha value is -2.96. The second kappa shape index (κ2) is 13.8. The highest BCUT2D eigenvalue weighted by Gasteiger charge is 2.41. The van der Waals surface area contributed by atoms with Gasteiger partial charge in [-0.25, -0.2) is 14.6 Å². The molecule has 0 bridgehead atoms. The summed E-state index contributed by atoms with van der Waals surface area (Å²) in [5.74, 6) is -4.15. The predicted molar refractivity (Wildman–Crippen MR) is 165 cm³/mol. The van der Waals surface area contributed by atoms with Crippen LogP contribution in [0.2, 0.25) is 10.0 Å². The molecule has 43 heavy (non-hydrogen) atoms. The molecule has 1 amide bonds. The maximum absolute atomic E-state index is 13.7. The van der Waals surface area contributed by atoms with Crippen LogP contribution in [0.3, 0.4) is 0 Å². The number of allylic oxidation sites excluding steroid dienone is 1. The average Bonchev–Trinajstić information content (AvgIpc) is 3.49. The molecule has 0 radical (unpaired) electrons. The van der Waals surface area contributed by atoms with Crippen LogP contribution >= 0.6 is 34.5 Å². The van der Waals surface area contributed by atoms with Crippen LogP contribution in [0.5, 0.6) is 0 Å². The van der Waals surface area contributed by atoms with Crippen molar-refractivity contribution in [2.24, 2.45) is 0 Å². The summed E-state index contributed by atoms with van der Waals surface area (Å²) in [6.07, 6.45) is 4.43. The number of nitrogens with one attached hydrogen (secondary N) is 1. The number of aliphatic carboxylic acids is 2. The van der Waals surface area contributed by atoms with Gasteiger partial charge in [0.05, 0.1) is 28.5 Å². The molecular formula is C30H35Cl2N5O5S. The monoisotopic (exact) mass is 647 g/mol. The molecule has 2 atom stereocenters. The Morgan fingerprint density at radius 1 is 1.00 bits per heavy atom. The second-order valence-corrected chi connectivity index (χ2v) is 13.0. The van der Waals surface area contributed by atoms with Gasteiger partial charge in [-0.3, -0.25) is 9.69 Å². The molecule has 2 fully saturated rings. The van der Waals surface area contributed by atoms with Gasteiger partial charge in [0.15, 0.2) is 0 Å². The summed E-state index contributed by atoms with van der Waals surface area (Å²) in [4.78, 5) is 50.1. The average molecular weight is 649 g/mol. The van der Waals surface area contributed by atoms with Crippen molar-refractivity contribution in [1.29, 1.82) is 0 Å². The molecule has 0 aliphatic carbocycles. The van der Waals surface area contributed by atoms with Gasteiger partial charge in [-0.05, 0) is 45.0 Å². The van der Waals surface area contributed by atoms with E-state index in [1.807, 2.05) is 5.38 Å². The molecule has 0 spiro atoms. The van der Waals surface area contributed by atoms with E-state index in [2.05, 4.69) is 27.1 Å². The van der Waals surface area contributed by atoms with Crippen molar-refractivity contribution < 1.29 is 24.6 Å². The highest BCUT2D eigenvalue weighted by Crippen LogP contribution is 2.45. The van der Waals surface area contributed by atoms with Crippen LogP contribution < -0.4 is 5.32 Å². The van der Waals surface area contributed by atoms with Crippen molar-refractivity contribution in [3.8, 4) is 0 Å². The Labute approximate surface area is 264 Å². The van der Waals surface area contributed by atoms with Crippen LogP contribution in [0.4, 0.5) is 0 Å². The first kappa shape index (κ1) is 31.5. The molecule has 2 unspecified atom stereocenters. The number of likely N-dealkylation sites (tertiary alicyclic amines) is 1. The molecule has 1 aromatic carbocycles. The Kier molecular flexibility index (Phi) is 10.1. The molecule has 0 saturated carbocycles. The fourth-order valence-electron chi connectivity index (χ4n) is 6.37. The number of halogens is 2. The lowest BCUT2D eigenvalue weighted by Gasteiger charge is -2.42. The van der Waals surface area contributed by atoms with Crippen LogP contribution in [0.15, 0.2) is 52.3 Å². The number of carboxylic acids is 2. The van der Waals surface area contributed by atoms with Gasteiger partial charge in [-0.2, -0.15) is 0 Å². The zero-order valence-corrected chi connectivity index (χ0v) is 26.2. The number of piperazine rings is 1. The number of benzene rings is 1. The van der Waals surface area contributed by atoms with Gasteiger partial charge < -0.3 is 25.3 Å². The van der Waals surface area contributed by atoms with Crippen molar-refractivity contribution >= 4 is 52.4 Å². The molecule has 2 aromatic rings. The van der Waals surface area contributed by atoms with E-state index in [9.17, 15) is 24.6 Å². The topological polar surface area (TPSA) is 126 Å². The zero-order valence-electron chi connectivity index (χ0n) is 23.9. The molecule has 3 aliphatic heterocycles. The van der Waals surface area contributed by atoms with Gasteiger partial charge in [0.2, 0.25) is 5.91 Å². The van der Waals surface area contributed by atoms with Gasteiger partial charge in [-0.15, -0.1) is 11.3 Å². The van der Waals surface area contributed by atoms with Crippen LogP contribution in [0, 0.1) is 0 Å². The number of hydrogen-bond acceptors (Lipinski definition) is 8. The van der Waals surface area contributed by atoms with Crippen molar-refractivity contribution in [3.05, 3.63) is 72.9 Å². The third-order valence-electron chi connectivity index (χ3n) is 8.46. The van der Waals surface area contributed by atoms with Crippen molar-refractivity contribution in [1.82, 2.24) is 25.0 Å². The number of likely N-dealkylation sites (N-methyl/N-ethyl adjacent to an activating group) is 1. The smallest absolute Gasteiger partial charge is 0.334 e. The Morgan fingerprint density at radius 2 is 1.67 bits per heavy atom. The number of aryl methyl sites for hydroxylation is 1. The minimum absolute atomic E-state index is 0.145. The van der Waals surface area contributed by atoms with Crippen molar-refractivity contribution in [3.63, 3.8) is 0 Å². The molecule has 13 heteroatoms. The highest BCUT2D eigenvalue weighted by molar-refractivity contribution is 7.09. The second-order valence-electron chi connectivity index (χ2n) is 11.2. The summed E-state index contributed by atoms with van der Waals surface area (Å²) < 4.78 is 0. The number of piperidine rings is 1. The van der Waals surface area contributed by atoms with Crippen LogP contribution in [0.1, 0.15) is 42.2 Å². The predicted octanol–water partition coefficient (Wildman–Crippen LogP) is 4.08. The van der Waals surface area contributed by atoms with E-state index < -0.39 is 17.9 Å². The van der Waals surface area contributed by atoms with Gasteiger partial charge in [0.25, 0.3) is 0 Å². The summed E-state index contributed by atoms with van der Waals surface area (Å²) in [6, 6.07) is 5.18. The molecular weight excluding hydrogens is 613 g/mol. The van der Waals surface area contributed by atoms with E-state index >= 15 is 0 Å². The van der Waals surface area contributed by atoms with Crippen LogP contribution in [-0.2, 0) is 20.8 Å². The minimum Gasteiger partial charge on any atom is -0.478 e. The zero-order chi connectivity index (χ0) is 30.7. The molecule has 1 aromatic heterocycles. The van der Waals surface area contributed by atoms with Crippen molar-refractivity contribution in [2.75, 3.05) is 46.3 Å². The number of carbonyl (C=O) groups is 3. The Balaban J connectivity index is 1.45. The summed E-state index contributed by atoms with van der Waals surface area (Å²) in [5.41, 5.74) is 0.232. The number of nitrogens with zero attached hydrogens (tertiary/aromatic N) is 4. The first-order chi connectivity index (χ1) is 20.6. The van der Waals surface area contributed by atoms with Gasteiger partial charge >= 0.3 is 11.9 Å².